The first-order valence-electron chi connectivity index (χ1n) is 8.54. The average molecular weight is 348 g/mol. The summed E-state index contributed by atoms with van der Waals surface area (Å²) in [5, 5.41) is 5.44. The molecule has 0 aromatic heterocycles. The molecule has 138 valence electrons. The average Bonchev–Trinajstić information content (AvgIpc) is 2.52. The van der Waals surface area contributed by atoms with E-state index in [0.717, 1.165) is 18.4 Å². The summed E-state index contributed by atoms with van der Waals surface area (Å²) in [5.41, 5.74) is 1.39. The van der Waals surface area contributed by atoms with E-state index in [1.54, 1.807) is 25.1 Å². The van der Waals surface area contributed by atoms with E-state index in [2.05, 4.69) is 24.5 Å². The fourth-order valence-corrected chi connectivity index (χ4v) is 2.36. The molecule has 0 heterocycles. The van der Waals surface area contributed by atoms with E-state index in [9.17, 15) is 14.4 Å². The van der Waals surface area contributed by atoms with Crippen LogP contribution in [0.15, 0.2) is 18.2 Å². The van der Waals surface area contributed by atoms with Gasteiger partial charge < -0.3 is 15.4 Å². The Morgan fingerprint density at radius 3 is 2.40 bits per heavy atom. The molecular formula is C19H28N2O4. The molecule has 0 bridgehead atoms. The first-order chi connectivity index (χ1) is 11.7. The van der Waals surface area contributed by atoms with E-state index in [1.165, 1.54) is 6.92 Å². The van der Waals surface area contributed by atoms with Crippen molar-refractivity contribution in [2.24, 2.45) is 5.92 Å². The third kappa shape index (κ3) is 7.37. The minimum atomic E-state index is -0.641. The van der Waals surface area contributed by atoms with Crippen molar-refractivity contribution in [1.29, 1.82) is 0 Å². The predicted molar refractivity (Wildman–Crippen MR) is 97.4 cm³/mol. The molecule has 0 aliphatic rings. The van der Waals surface area contributed by atoms with Crippen molar-refractivity contribution < 1.29 is 19.1 Å². The molecular weight excluding hydrogens is 320 g/mol. The van der Waals surface area contributed by atoms with Crippen molar-refractivity contribution in [3.8, 4) is 0 Å². The standard InChI is InChI=1S/C19H28N2O4/c1-12(2)9-10-14(4)20-17(23)11-25-19(24)16-8-6-7-13(3)18(16)21-15(5)22/h6-8,12,14H,9-11H2,1-5H3,(H,20,23)(H,21,22). The van der Waals surface area contributed by atoms with Crippen LogP contribution in [-0.2, 0) is 14.3 Å². The van der Waals surface area contributed by atoms with Crippen LogP contribution < -0.4 is 10.6 Å². The van der Waals surface area contributed by atoms with Crippen molar-refractivity contribution in [2.45, 2.75) is 53.5 Å². The number of carbonyl (C=O) groups excluding carboxylic acids is 3. The van der Waals surface area contributed by atoms with E-state index in [0.29, 0.717) is 11.6 Å². The normalized spacial score (nSPS) is 11.8. The van der Waals surface area contributed by atoms with Crippen LogP contribution in [0.2, 0.25) is 0 Å². The largest absolute Gasteiger partial charge is 0.452 e. The van der Waals surface area contributed by atoms with Gasteiger partial charge in [0.25, 0.3) is 5.91 Å². The molecule has 0 aliphatic carbocycles. The molecule has 2 N–H and O–H groups in total. The minimum Gasteiger partial charge on any atom is -0.452 e. The lowest BCUT2D eigenvalue weighted by Crippen LogP contribution is -2.36. The van der Waals surface area contributed by atoms with Gasteiger partial charge in [0.15, 0.2) is 6.61 Å². The second-order valence-electron chi connectivity index (χ2n) is 6.69. The minimum absolute atomic E-state index is 0.0301. The number of rotatable bonds is 8. The Hall–Kier alpha value is -2.37. The van der Waals surface area contributed by atoms with E-state index in [1.807, 2.05) is 6.92 Å². The lowest BCUT2D eigenvalue weighted by atomic mass is 10.0. The zero-order chi connectivity index (χ0) is 19.0. The summed E-state index contributed by atoms with van der Waals surface area (Å²) in [4.78, 5) is 35.5. The van der Waals surface area contributed by atoms with Crippen molar-refractivity contribution in [3.05, 3.63) is 29.3 Å². The second kappa shape index (κ2) is 9.81. The number of anilines is 1. The molecule has 0 spiro atoms. The maximum Gasteiger partial charge on any atom is 0.340 e. The second-order valence-corrected chi connectivity index (χ2v) is 6.69. The first kappa shape index (κ1) is 20.7. The maximum atomic E-state index is 12.3. The summed E-state index contributed by atoms with van der Waals surface area (Å²) >= 11 is 0. The van der Waals surface area contributed by atoms with Crippen LogP contribution in [-0.4, -0.2) is 30.4 Å². The summed E-state index contributed by atoms with van der Waals surface area (Å²) in [6.45, 7) is 8.99. The van der Waals surface area contributed by atoms with Crippen LogP contribution in [0.1, 0.15) is 56.5 Å². The van der Waals surface area contributed by atoms with Gasteiger partial charge in [-0.1, -0.05) is 26.0 Å². The smallest absolute Gasteiger partial charge is 0.340 e. The van der Waals surface area contributed by atoms with Crippen LogP contribution in [0, 0.1) is 12.8 Å². The topological polar surface area (TPSA) is 84.5 Å². The molecule has 0 fully saturated rings. The van der Waals surface area contributed by atoms with Crippen molar-refractivity contribution >= 4 is 23.5 Å². The van der Waals surface area contributed by atoms with Gasteiger partial charge in [0.2, 0.25) is 5.91 Å². The summed E-state index contributed by atoms with van der Waals surface area (Å²) in [6.07, 6.45) is 1.90. The van der Waals surface area contributed by atoms with Gasteiger partial charge in [0, 0.05) is 13.0 Å². The SMILES string of the molecule is CC(=O)Nc1c(C)cccc1C(=O)OCC(=O)NC(C)CCC(C)C. The van der Waals surface area contributed by atoms with Gasteiger partial charge in [-0.05, 0) is 44.2 Å². The monoisotopic (exact) mass is 348 g/mol. The van der Waals surface area contributed by atoms with Crippen LogP contribution in [0.25, 0.3) is 0 Å². The quantitative estimate of drug-likeness (QED) is 0.707. The number of benzene rings is 1. The van der Waals surface area contributed by atoms with Crippen LogP contribution >= 0.6 is 0 Å². The number of hydrogen-bond donors (Lipinski definition) is 2. The molecule has 0 aliphatic heterocycles. The summed E-state index contributed by atoms with van der Waals surface area (Å²) in [5.74, 6) is -0.679. The van der Waals surface area contributed by atoms with Crippen molar-refractivity contribution in [2.75, 3.05) is 11.9 Å². The first-order valence-corrected chi connectivity index (χ1v) is 8.54. The summed E-state index contributed by atoms with van der Waals surface area (Å²) in [6, 6.07) is 5.07. The number of ether oxygens (including phenoxy) is 1. The lowest BCUT2D eigenvalue weighted by molar-refractivity contribution is -0.124. The zero-order valence-electron chi connectivity index (χ0n) is 15.6. The van der Waals surface area contributed by atoms with Gasteiger partial charge in [-0.25, -0.2) is 4.79 Å². The number of hydrogen-bond acceptors (Lipinski definition) is 4. The highest BCUT2D eigenvalue weighted by Crippen LogP contribution is 2.21. The Balaban J connectivity index is 2.61. The Morgan fingerprint density at radius 1 is 1.12 bits per heavy atom. The Morgan fingerprint density at radius 2 is 1.80 bits per heavy atom. The van der Waals surface area contributed by atoms with Gasteiger partial charge in [-0.3, -0.25) is 9.59 Å². The molecule has 6 heteroatoms. The number of amides is 2. The summed E-state index contributed by atoms with van der Waals surface area (Å²) < 4.78 is 5.09. The summed E-state index contributed by atoms with van der Waals surface area (Å²) in [7, 11) is 0. The van der Waals surface area contributed by atoms with Gasteiger partial charge in [-0.15, -0.1) is 0 Å². The molecule has 25 heavy (non-hydrogen) atoms. The van der Waals surface area contributed by atoms with E-state index in [-0.39, 0.29) is 30.0 Å². The highest BCUT2D eigenvalue weighted by Gasteiger charge is 2.17. The third-order valence-electron chi connectivity index (χ3n) is 3.71. The van der Waals surface area contributed by atoms with Crippen molar-refractivity contribution in [1.82, 2.24) is 5.32 Å². The molecule has 0 saturated carbocycles. The third-order valence-corrected chi connectivity index (χ3v) is 3.71. The Kier molecular flexibility index (Phi) is 8.11. The molecule has 1 rings (SSSR count). The van der Waals surface area contributed by atoms with Crippen LogP contribution in [0.3, 0.4) is 0 Å². The molecule has 0 saturated heterocycles. The number of carbonyl (C=O) groups is 3. The lowest BCUT2D eigenvalue weighted by Gasteiger charge is -2.16. The molecule has 1 atom stereocenters. The molecule has 1 unspecified atom stereocenters. The number of aryl methyl sites for hydroxylation is 1. The highest BCUT2D eigenvalue weighted by molar-refractivity contribution is 6.02. The fourth-order valence-electron chi connectivity index (χ4n) is 2.36. The highest BCUT2D eigenvalue weighted by atomic mass is 16.5. The van der Waals surface area contributed by atoms with Crippen molar-refractivity contribution in [3.63, 3.8) is 0 Å². The van der Waals surface area contributed by atoms with E-state index >= 15 is 0 Å². The van der Waals surface area contributed by atoms with Gasteiger partial charge in [-0.2, -0.15) is 0 Å². The predicted octanol–water partition coefficient (Wildman–Crippen LogP) is 3.05. The number of para-hydroxylation sites is 1. The number of nitrogens with one attached hydrogen (secondary N) is 2. The van der Waals surface area contributed by atoms with Crippen LogP contribution in [0.5, 0.6) is 0 Å². The molecule has 1 aromatic carbocycles. The fraction of sp³-hybridized carbons (Fsp3) is 0.526. The molecule has 6 nitrogen and oxygen atoms in total. The molecule has 1 aromatic rings. The maximum absolute atomic E-state index is 12.3. The zero-order valence-corrected chi connectivity index (χ0v) is 15.6. The van der Waals surface area contributed by atoms with Crippen LogP contribution in [0.4, 0.5) is 5.69 Å². The van der Waals surface area contributed by atoms with Gasteiger partial charge in [0.1, 0.15) is 0 Å². The number of esters is 1. The van der Waals surface area contributed by atoms with E-state index in [4.69, 9.17) is 4.74 Å². The van der Waals surface area contributed by atoms with E-state index < -0.39 is 5.97 Å². The Labute approximate surface area is 149 Å². The Bertz CT molecular complexity index is 626. The molecule has 2 amide bonds. The molecule has 0 radical (unpaired) electrons. The van der Waals surface area contributed by atoms with Gasteiger partial charge >= 0.3 is 5.97 Å². The van der Waals surface area contributed by atoms with Gasteiger partial charge in [0.05, 0.1) is 11.3 Å².